The lowest BCUT2D eigenvalue weighted by molar-refractivity contribution is -0.182. The number of carbonyl (C=O) groups is 2. The Balaban J connectivity index is 1.85. The molecule has 1 atom stereocenters. The van der Waals surface area contributed by atoms with Crippen LogP contribution >= 0.6 is 0 Å². The van der Waals surface area contributed by atoms with Crippen LogP contribution in [0.3, 0.4) is 0 Å². The molecule has 2 N–H and O–H groups in total. The number of carboxylic acids is 1. The average molecular weight is 311 g/mol. The van der Waals surface area contributed by atoms with Crippen molar-refractivity contribution in [2.24, 2.45) is 11.8 Å². The van der Waals surface area contributed by atoms with Crippen LogP contribution in [0.5, 0.6) is 0 Å². The molecule has 0 aromatic carbocycles. The first-order valence-electron chi connectivity index (χ1n) is 8.67. The first kappa shape index (κ1) is 17.3. The van der Waals surface area contributed by atoms with Crippen molar-refractivity contribution in [3.63, 3.8) is 0 Å². The summed E-state index contributed by atoms with van der Waals surface area (Å²) >= 11 is 0. The zero-order chi connectivity index (χ0) is 16.2. The molecule has 1 unspecified atom stereocenters. The molecule has 126 valence electrons. The Morgan fingerprint density at radius 2 is 1.86 bits per heavy atom. The molecule has 0 radical (unpaired) electrons. The molecule has 2 rings (SSSR count). The summed E-state index contributed by atoms with van der Waals surface area (Å²) in [7, 11) is 0. The van der Waals surface area contributed by atoms with Crippen molar-refractivity contribution in [1.29, 1.82) is 0 Å². The molecular weight excluding hydrogens is 282 g/mol. The lowest BCUT2D eigenvalue weighted by Crippen LogP contribution is -2.56. The summed E-state index contributed by atoms with van der Waals surface area (Å²) in [4.78, 5) is 23.4. The Hall–Kier alpha value is -1.10. The highest BCUT2D eigenvalue weighted by Gasteiger charge is 2.51. The van der Waals surface area contributed by atoms with Crippen LogP contribution < -0.4 is 5.32 Å². The molecule has 1 heterocycles. The van der Waals surface area contributed by atoms with Gasteiger partial charge in [0, 0.05) is 18.6 Å². The maximum Gasteiger partial charge on any atom is 0.306 e. The Bertz CT molecular complexity index is 397. The van der Waals surface area contributed by atoms with E-state index < -0.39 is 5.97 Å². The molecule has 1 aliphatic heterocycles. The van der Waals surface area contributed by atoms with Crippen LogP contribution in [-0.2, 0) is 14.3 Å². The highest BCUT2D eigenvalue weighted by atomic mass is 16.5. The smallest absolute Gasteiger partial charge is 0.306 e. The van der Waals surface area contributed by atoms with E-state index in [0.29, 0.717) is 19.4 Å². The summed E-state index contributed by atoms with van der Waals surface area (Å²) in [5.74, 6) is -0.726. The minimum absolute atomic E-state index is 0.113. The molecule has 1 amide bonds. The Morgan fingerprint density at radius 3 is 2.41 bits per heavy atom. The number of aliphatic carboxylic acids is 1. The molecule has 0 bridgehead atoms. The molecule has 5 heteroatoms. The van der Waals surface area contributed by atoms with Gasteiger partial charge in [0.2, 0.25) is 5.91 Å². The number of amides is 1. The first-order valence-corrected chi connectivity index (χ1v) is 8.67. The van der Waals surface area contributed by atoms with E-state index in [-0.39, 0.29) is 29.4 Å². The predicted molar refractivity (Wildman–Crippen MR) is 83.5 cm³/mol. The minimum Gasteiger partial charge on any atom is -0.481 e. The normalized spacial score (nSPS) is 31.0. The Morgan fingerprint density at radius 1 is 1.23 bits per heavy atom. The van der Waals surface area contributed by atoms with Crippen LogP contribution in [-0.4, -0.2) is 35.2 Å². The van der Waals surface area contributed by atoms with Gasteiger partial charge in [0.1, 0.15) is 0 Å². The van der Waals surface area contributed by atoms with Gasteiger partial charge in [-0.1, -0.05) is 26.7 Å². The second kappa shape index (κ2) is 7.44. The first-order chi connectivity index (χ1) is 10.5. The van der Waals surface area contributed by atoms with E-state index in [1.54, 1.807) is 0 Å². The molecule has 1 saturated heterocycles. The third-order valence-electron chi connectivity index (χ3n) is 5.07. The molecular formula is C17H29NO4. The Kier molecular flexibility index (Phi) is 5.84. The number of hydrogen-bond acceptors (Lipinski definition) is 3. The van der Waals surface area contributed by atoms with Crippen LogP contribution in [0.15, 0.2) is 0 Å². The zero-order valence-corrected chi connectivity index (χ0v) is 13.8. The van der Waals surface area contributed by atoms with Crippen molar-refractivity contribution in [3.8, 4) is 0 Å². The lowest BCUT2D eigenvalue weighted by Gasteiger charge is -2.50. The fraction of sp³-hybridized carbons (Fsp3) is 0.882. The van der Waals surface area contributed by atoms with Crippen molar-refractivity contribution in [1.82, 2.24) is 5.32 Å². The monoisotopic (exact) mass is 311 g/mol. The van der Waals surface area contributed by atoms with E-state index in [2.05, 4.69) is 19.2 Å². The largest absolute Gasteiger partial charge is 0.481 e. The van der Waals surface area contributed by atoms with Crippen LogP contribution in [0.25, 0.3) is 0 Å². The van der Waals surface area contributed by atoms with Gasteiger partial charge >= 0.3 is 5.97 Å². The van der Waals surface area contributed by atoms with Gasteiger partial charge in [0.05, 0.1) is 11.5 Å². The summed E-state index contributed by atoms with van der Waals surface area (Å²) in [5.41, 5.74) is -0.301. The van der Waals surface area contributed by atoms with Crippen LogP contribution in [0.2, 0.25) is 0 Å². The van der Waals surface area contributed by atoms with Crippen molar-refractivity contribution in [2.45, 2.75) is 76.9 Å². The van der Waals surface area contributed by atoms with E-state index in [9.17, 15) is 9.59 Å². The summed E-state index contributed by atoms with van der Waals surface area (Å²) < 4.78 is 5.83. The third kappa shape index (κ3) is 4.00. The number of rotatable bonds is 7. The van der Waals surface area contributed by atoms with E-state index in [0.717, 1.165) is 38.5 Å². The highest BCUT2D eigenvalue weighted by Crippen LogP contribution is 2.46. The summed E-state index contributed by atoms with van der Waals surface area (Å²) in [6, 6.07) is 0.132. The number of carbonyl (C=O) groups excluding carboxylic acids is 1. The molecule has 2 aliphatic rings. The van der Waals surface area contributed by atoms with Crippen LogP contribution in [0.4, 0.5) is 0 Å². The van der Waals surface area contributed by atoms with Crippen molar-refractivity contribution >= 4 is 11.9 Å². The lowest BCUT2D eigenvalue weighted by atomic mass is 9.66. The van der Waals surface area contributed by atoms with Gasteiger partial charge in [-0.05, 0) is 38.5 Å². The fourth-order valence-electron chi connectivity index (χ4n) is 3.87. The zero-order valence-electron chi connectivity index (χ0n) is 13.8. The van der Waals surface area contributed by atoms with E-state index in [4.69, 9.17) is 9.84 Å². The van der Waals surface area contributed by atoms with Crippen molar-refractivity contribution in [2.75, 3.05) is 6.61 Å². The van der Waals surface area contributed by atoms with E-state index >= 15 is 0 Å². The number of nitrogens with one attached hydrogen (secondary N) is 1. The van der Waals surface area contributed by atoms with Crippen molar-refractivity contribution < 1.29 is 19.4 Å². The quantitative estimate of drug-likeness (QED) is 0.758. The fourth-order valence-corrected chi connectivity index (χ4v) is 3.87. The average Bonchev–Trinajstić information content (AvgIpc) is 2.44. The molecule has 1 spiro atoms. The summed E-state index contributed by atoms with van der Waals surface area (Å²) in [6.45, 7) is 4.84. The van der Waals surface area contributed by atoms with E-state index in [1.165, 1.54) is 0 Å². The predicted octanol–water partition coefficient (Wildman–Crippen LogP) is 2.73. The summed E-state index contributed by atoms with van der Waals surface area (Å²) in [5, 5.41) is 12.2. The molecule has 22 heavy (non-hydrogen) atoms. The van der Waals surface area contributed by atoms with Gasteiger partial charge in [-0.3, -0.25) is 9.59 Å². The third-order valence-corrected chi connectivity index (χ3v) is 5.07. The number of hydrogen-bond donors (Lipinski definition) is 2. The molecule has 0 aromatic rings. The van der Waals surface area contributed by atoms with Crippen LogP contribution in [0.1, 0.15) is 65.2 Å². The molecule has 0 aromatic heterocycles. The standard InChI is InChI=1S/C17H29NO4/c1-3-5-12(6-4-2)15(19)18-14-7-8-22-17(11-14)9-13(10-17)16(20)21/h12-14H,3-11H2,1-2H3,(H,18,19)(H,20,21). The van der Waals surface area contributed by atoms with Crippen LogP contribution in [0, 0.1) is 11.8 Å². The van der Waals surface area contributed by atoms with Crippen molar-refractivity contribution in [3.05, 3.63) is 0 Å². The van der Waals surface area contributed by atoms with Gasteiger partial charge in [0.15, 0.2) is 0 Å². The topological polar surface area (TPSA) is 75.6 Å². The van der Waals surface area contributed by atoms with E-state index in [1.807, 2.05) is 0 Å². The van der Waals surface area contributed by atoms with Gasteiger partial charge in [-0.15, -0.1) is 0 Å². The highest BCUT2D eigenvalue weighted by molar-refractivity contribution is 5.79. The molecule has 2 fully saturated rings. The summed E-state index contributed by atoms with van der Waals surface area (Å²) in [6.07, 6.45) is 6.68. The molecule has 1 saturated carbocycles. The van der Waals surface area contributed by atoms with Gasteiger partial charge in [0.25, 0.3) is 0 Å². The van der Waals surface area contributed by atoms with Gasteiger partial charge < -0.3 is 15.2 Å². The molecule has 5 nitrogen and oxygen atoms in total. The maximum absolute atomic E-state index is 12.4. The second-order valence-electron chi connectivity index (χ2n) is 6.95. The maximum atomic E-state index is 12.4. The van der Waals surface area contributed by atoms with Gasteiger partial charge in [-0.25, -0.2) is 0 Å². The SMILES string of the molecule is CCCC(CCC)C(=O)NC1CCOC2(C1)CC(C(=O)O)C2. The second-order valence-corrected chi connectivity index (χ2v) is 6.95. The minimum atomic E-state index is -0.730. The molecule has 1 aliphatic carbocycles. The number of ether oxygens (including phenoxy) is 1. The Labute approximate surface area is 132 Å². The number of carboxylic acid groups (broad SMARTS) is 1. The van der Waals surface area contributed by atoms with Gasteiger partial charge in [-0.2, -0.15) is 0 Å².